The minimum Gasteiger partial charge on any atom is -0.352 e. The van der Waals surface area contributed by atoms with Crippen LogP contribution in [-0.2, 0) is 32.6 Å². The average molecular weight is 629 g/mol. The molecule has 0 spiro atoms. The highest BCUT2D eigenvalue weighted by Crippen LogP contribution is 2.23. The highest BCUT2D eigenvalue weighted by Gasteiger charge is 2.33. The van der Waals surface area contributed by atoms with E-state index in [-0.39, 0.29) is 24.9 Å². The molecule has 0 radical (unpaired) electrons. The quantitative estimate of drug-likeness (QED) is 0.292. The maximum Gasteiger partial charge on any atom is 0.244 e. The van der Waals surface area contributed by atoms with Gasteiger partial charge in [-0.3, -0.25) is 13.9 Å². The molecule has 0 aliphatic carbocycles. The normalized spacial score (nSPS) is 12.8. The molecule has 0 saturated heterocycles. The molecule has 9 heteroatoms. The standard InChI is InChI=1S/C31H38BrN3O4S/c1-6-24(4)33-31(37)29(19-25-10-8-7-9-11-25)34(20-26-13-15-27(32)16-14-26)30(36)21-35(40(5,38)39)28-17-12-22(2)23(3)18-28/h7-18,24,29H,6,19-21H2,1-5H3,(H,33,37)/t24-,29+/m0/s1. The van der Waals surface area contributed by atoms with Gasteiger partial charge >= 0.3 is 0 Å². The van der Waals surface area contributed by atoms with E-state index in [9.17, 15) is 18.0 Å². The Kier molecular flexibility index (Phi) is 10.9. The Hall–Kier alpha value is -3.17. The van der Waals surface area contributed by atoms with Crippen molar-refractivity contribution in [3.8, 4) is 0 Å². The summed E-state index contributed by atoms with van der Waals surface area (Å²) in [4.78, 5) is 29.3. The predicted octanol–water partition coefficient (Wildman–Crippen LogP) is 5.39. The third kappa shape index (κ3) is 8.66. The van der Waals surface area contributed by atoms with E-state index < -0.39 is 28.5 Å². The minimum atomic E-state index is -3.80. The van der Waals surface area contributed by atoms with Crippen molar-refractivity contribution in [1.82, 2.24) is 10.2 Å². The predicted molar refractivity (Wildman–Crippen MR) is 165 cm³/mol. The largest absolute Gasteiger partial charge is 0.352 e. The lowest BCUT2D eigenvalue weighted by atomic mass is 10.0. The fourth-order valence-corrected chi connectivity index (χ4v) is 5.38. The number of sulfonamides is 1. The molecule has 0 heterocycles. The Morgan fingerprint density at radius 2 is 1.57 bits per heavy atom. The summed E-state index contributed by atoms with van der Waals surface area (Å²) >= 11 is 3.45. The minimum absolute atomic E-state index is 0.0848. The number of benzene rings is 3. The molecule has 214 valence electrons. The summed E-state index contributed by atoms with van der Waals surface area (Å²) in [5.41, 5.74) is 4.06. The first-order valence-corrected chi connectivity index (χ1v) is 16.0. The molecule has 3 aromatic rings. The third-order valence-corrected chi connectivity index (χ3v) is 8.67. The molecule has 0 aliphatic heterocycles. The van der Waals surface area contributed by atoms with Crippen molar-refractivity contribution in [2.75, 3.05) is 17.1 Å². The van der Waals surface area contributed by atoms with E-state index in [1.807, 2.05) is 88.4 Å². The van der Waals surface area contributed by atoms with Crippen LogP contribution in [0.15, 0.2) is 77.3 Å². The van der Waals surface area contributed by atoms with Crippen LogP contribution in [0.25, 0.3) is 0 Å². The average Bonchev–Trinajstić information content (AvgIpc) is 2.91. The van der Waals surface area contributed by atoms with Gasteiger partial charge in [0.05, 0.1) is 11.9 Å². The van der Waals surface area contributed by atoms with E-state index in [4.69, 9.17) is 0 Å². The number of rotatable bonds is 12. The molecule has 2 amide bonds. The van der Waals surface area contributed by atoms with Gasteiger partial charge < -0.3 is 10.2 Å². The lowest BCUT2D eigenvalue weighted by Crippen LogP contribution is -2.54. The van der Waals surface area contributed by atoms with Crippen molar-refractivity contribution in [3.63, 3.8) is 0 Å². The summed E-state index contributed by atoms with van der Waals surface area (Å²) in [7, 11) is -3.80. The molecule has 0 unspecified atom stereocenters. The molecule has 0 fully saturated rings. The molecule has 1 N–H and O–H groups in total. The van der Waals surface area contributed by atoms with E-state index in [1.54, 1.807) is 12.1 Å². The molecule has 3 rings (SSSR count). The van der Waals surface area contributed by atoms with Gasteiger partial charge in [0.25, 0.3) is 0 Å². The molecule has 3 aromatic carbocycles. The van der Waals surface area contributed by atoms with Crippen molar-refractivity contribution in [1.29, 1.82) is 0 Å². The van der Waals surface area contributed by atoms with Crippen molar-refractivity contribution in [2.24, 2.45) is 0 Å². The van der Waals surface area contributed by atoms with Crippen LogP contribution in [-0.4, -0.2) is 50.0 Å². The second-order valence-corrected chi connectivity index (χ2v) is 13.0. The van der Waals surface area contributed by atoms with Crippen LogP contribution in [0.4, 0.5) is 5.69 Å². The number of anilines is 1. The van der Waals surface area contributed by atoms with Crippen LogP contribution < -0.4 is 9.62 Å². The zero-order valence-corrected chi connectivity index (χ0v) is 26.1. The van der Waals surface area contributed by atoms with Gasteiger partial charge in [-0.1, -0.05) is 71.4 Å². The van der Waals surface area contributed by atoms with Gasteiger partial charge in [-0.25, -0.2) is 8.42 Å². The van der Waals surface area contributed by atoms with Gasteiger partial charge in [-0.2, -0.15) is 0 Å². The summed E-state index contributed by atoms with van der Waals surface area (Å²) in [6.45, 7) is 7.45. The van der Waals surface area contributed by atoms with Crippen LogP contribution in [0.1, 0.15) is 42.5 Å². The maximum absolute atomic E-state index is 14.1. The lowest BCUT2D eigenvalue weighted by Gasteiger charge is -2.34. The van der Waals surface area contributed by atoms with E-state index in [1.165, 1.54) is 4.90 Å². The van der Waals surface area contributed by atoms with Gasteiger partial charge in [-0.05, 0) is 73.7 Å². The van der Waals surface area contributed by atoms with Crippen molar-refractivity contribution in [3.05, 3.63) is 99.5 Å². The first-order chi connectivity index (χ1) is 18.9. The number of halogens is 1. The number of nitrogens with one attached hydrogen (secondary N) is 1. The first kappa shape index (κ1) is 31.4. The summed E-state index contributed by atoms with van der Waals surface area (Å²) < 4.78 is 27.9. The number of amides is 2. The van der Waals surface area contributed by atoms with E-state index in [2.05, 4.69) is 21.2 Å². The summed E-state index contributed by atoms with van der Waals surface area (Å²) in [5.74, 6) is -0.743. The Balaban J connectivity index is 2.06. The number of carbonyl (C=O) groups excluding carboxylic acids is 2. The molecule has 7 nitrogen and oxygen atoms in total. The van der Waals surface area contributed by atoms with Crippen molar-refractivity contribution in [2.45, 2.75) is 59.2 Å². The summed E-state index contributed by atoms with van der Waals surface area (Å²) in [5, 5.41) is 3.04. The van der Waals surface area contributed by atoms with Crippen LogP contribution in [0.3, 0.4) is 0 Å². The second-order valence-electron chi connectivity index (χ2n) is 10.2. The number of hydrogen-bond acceptors (Lipinski definition) is 4. The summed E-state index contributed by atoms with van der Waals surface area (Å²) in [6.07, 6.45) is 2.11. The summed E-state index contributed by atoms with van der Waals surface area (Å²) in [6, 6.07) is 21.4. The van der Waals surface area contributed by atoms with Gasteiger partial charge in [-0.15, -0.1) is 0 Å². The lowest BCUT2D eigenvalue weighted by molar-refractivity contribution is -0.140. The molecular weight excluding hydrogens is 590 g/mol. The Labute approximate surface area is 246 Å². The van der Waals surface area contributed by atoms with E-state index in [0.29, 0.717) is 5.69 Å². The number of aryl methyl sites for hydroxylation is 2. The first-order valence-electron chi connectivity index (χ1n) is 13.3. The molecule has 0 saturated carbocycles. The number of carbonyl (C=O) groups is 2. The Morgan fingerprint density at radius 3 is 2.15 bits per heavy atom. The molecule has 2 atom stereocenters. The van der Waals surface area contributed by atoms with E-state index >= 15 is 0 Å². The number of hydrogen-bond donors (Lipinski definition) is 1. The van der Waals surface area contributed by atoms with Gasteiger partial charge in [0.2, 0.25) is 21.8 Å². The Bertz CT molecular complexity index is 1410. The molecule has 0 bridgehead atoms. The van der Waals surface area contributed by atoms with Crippen LogP contribution >= 0.6 is 15.9 Å². The van der Waals surface area contributed by atoms with Crippen LogP contribution in [0.5, 0.6) is 0 Å². The highest BCUT2D eigenvalue weighted by molar-refractivity contribution is 9.10. The van der Waals surface area contributed by atoms with Crippen molar-refractivity contribution >= 4 is 43.5 Å². The highest BCUT2D eigenvalue weighted by atomic mass is 79.9. The molecule has 0 aliphatic rings. The van der Waals surface area contributed by atoms with Crippen LogP contribution in [0, 0.1) is 13.8 Å². The zero-order valence-electron chi connectivity index (χ0n) is 23.7. The monoisotopic (exact) mass is 627 g/mol. The van der Waals surface area contributed by atoms with Gasteiger partial charge in [0, 0.05) is 23.5 Å². The zero-order chi connectivity index (χ0) is 29.4. The topological polar surface area (TPSA) is 86.8 Å². The second kappa shape index (κ2) is 13.9. The SMILES string of the molecule is CC[C@H](C)NC(=O)[C@@H](Cc1ccccc1)N(Cc1ccc(Br)cc1)C(=O)CN(c1ccc(C)c(C)c1)S(C)(=O)=O. The molecule has 0 aromatic heterocycles. The fraction of sp³-hybridized carbons (Fsp3) is 0.355. The fourth-order valence-electron chi connectivity index (χ4n) is 4.28. The maximum atomic E-state index is 14.1. The Morgan fingerprint density at radius 1 is 0.925 bits per heavy atom. The molecular formula is C31H38BrN3O4S. The smallest absolute Gasteiger partial charge is 0.244 e. The van der Waals surface area contributed by atoms with E-state index in [0.717, 1.165) is 43.7 Å². The third-order valence-electron chi connectivity index (χ3n) is 7.00. The van der Waals surface area contributed by atoms with Gasteiger partial charge in [0.15, 0.2) is 0 Å². The number of nitrogens with zero attached hydrogens (tertiary/aromatic N) is 2. The van der Waals surface area contributed by atoms with Crippen molar-refractivity contribution < 1.29 is 18.0 Å². The van der Waals surface area contributed by atoms with Gasteiger partial charge in [0.1, 0.15) is 12.6 Å². The van der Waals surface area contributed by atoms with Crippen LogP contribution in [0.2, 0.25) is 0 Å². The molecule has 40 heavy (non-hydrogen) atoms.